The SMILES string of the molecule is CSc1nnc(CCCNC(=O)c2ccc(=O)n(-c3ccc(F)cc3)n2)n1CC(C)C. The molecule has 0 aliphatic carbocycles. The predicted octanol–water partition coefficient (Wildman–Crippen LogP) is 2.70. The summed E-state index contributed by atoms with van der Waals surface area (Å²) >= 11 is 1.56. The molecule has 0 aliphatic rings. The highest BCUT2D eigenvalue weighted by atomic mass is 32.2. The van der Waals surface area contributed by atoms with Gasteiger partial charge in [0, 0.05) is 25.6 Å². The van der Waals surface area contributed by atoms with Crippen molar-refractivity contribution in [1.82, 2.24) is 29.9 Å². The van der Waals surface area contributed by atoms with Gasteiger partial charge in [-0.1, -0.05) is 25.6 Å². The lowest BCUT2D eigenvalue weighted by Crippen LogP contribution is -2.29. The molecular weight excluding hydrogens is 419 g/mol. The number of thioether (sulfide) groups is 1. The molecular formula is C21H25FN6O2S. The third kappa shape index (κ3) is 5.78. The predicted molar refractivity (Wildman–Crippen MR) is 117 cm³/mol. The van der Waals surface area contributed by atoms with Crippen LogP contribution in [0.3, 0.4) is 0 Å². The van der Waals surface area contributed by atoms with Gasteiger partial charge in [0.25, 0.3) is 11.5 Å². The molecule has 3 rings (SSSR count). The number of aromatic nitrogens is 5. The van der Waals surface area contributed by atoms with Gasteiger partial charge in [-0.15, -0.1) is 10.2 Å². The number of rotatable bonds is 9. The molecule has 0 spiro atoms. The molecule has 1 N–H and O–H groups in total. The number of amides is 1. The van der Waals surface area contributed by atoms with Crippen LogP contribution in [0.25, 0.3) is 5.69 Å². The quantitative estimate of drug-likeness (QED) is 0.403. The lowest BCUT2D eigenvalue weighted by atomic mass is 10.2. The highest BCUT2D eigenvalue weighted by Crippen LogP contribution is 2.16. The van der Waals surface area contributed by atoms with Crippen molar-refractivity contribution in [3.8, 4) is 5.69 Å². The summed E-state index contributed by atoms with van der Waals surface area (Å²) in [7, 11) is 0. The summed E-state index contributed by atoms with van der Waals surface area (Å²) in [4.78, 5) is 24.6. The average Bonchev–Trinajstić information content (AvgIpc) is 3.13. The van der Waals surface area contributed by atoms with E-state index in [-0.39, 0.29) is 11.6 Å². The third-order valence-corrected chi connectivity index (χ3v) is 5.16. The van der Waals surface area contributed by atoms with Crippen molar-refractivity contribution in [2.24, 2.45) is 5.92 Å². The molecule has 0 saturated heterocycles. The highest BCUT2D eigenvalue weighted by molar-refractivity contribution is 7.98. The van der Waals surface area contributed by atoms with E-state index < -0.39 is 11.4 Å². The topological polar surface area (TPSA) is 94.7 Å². The minimum atomic E-state index is -0.417. The van der Waals surface area contributed by atoms with Crippen LogP contribution in [0.4, 0.5) is 4.39 Å². The summed E-state index contributed by atoms with van der Waals surface area (Å²) < 4.78 is 16.3. The molecule has 3 aromatic rings. The second kappa shape index (κ2) is 10.3. The van der Waals surface area contributed by atoms with Crippen molar-refractivity contribution in [3.05, 3.63) is 64.1 Å². The number of hydrogen-bond donors (Lipinski definition) is 1. The van der Waals surface area contributed by atoms with Gasteiger partial charge in [0.05, 0.1) is 5.69 Å². The van der Waals surface area contributed by atoms with Crippen LogP contribution in [0.2, 0.25) is 0 Å². The number of nitrogens with zero attached hydrogens (tertiary/aromatic N) is 5. The Kier molecular flexibility index (Phi) is 7.56. The molecule has 0 atom stereocenters. The highest BCUT2D eigenvalue weighted by Gasteiger charge is 2.14. The molecule has 0 aliphatic heterocycles. The van der Waals surface area contributed by atoms with Crippen LogP contribution in [0.15, 0.2) is 46.3 Å². The van der Waals surface area contributed by atoms with E-state index >= 15 is 0 Å². The average molecular weight is 445 g/mol. The van der Waals surface area contributed by atoms with E-state index in [2.05, 4.69) is 39.0 Å². The van der Waals surface area contributed by atoms with Gasteiger partial charge < -0.3 is 9.88 Å². The van der Waals surface area contributed by atoms with E-state index in [0.29, 0.717) is 31.0 Å². The largest absolute Gasteiger partial charge is 0.351 e. The Bertz CT molecular complexity index is 1090. The molecule has 0 fully saturated rings. The Hall–Kier alpha value is -3.01. The Morgan fingerprint density at radius 1 is 1.16 bits per heavy atom. The van der Waals surface area contributed by atoms with E-state index in [1.54, 1.807) is 11.8 Å². The van der Waals surface area contributed by atoms with Gasteiger partial charge >= 0.3 is 0 Å². The molecule has 1 aromatic carbocycles. The van der Waals surface area contributed by atoms with Crippen molar-refractivity contribution in [2.45, 2.75) is 38.4 Å². The lowest BCUT2D eigenvalue weighted by molar-refractivity contribution is 0.0946. The normalized spacial score (nSPS) is 11.1. The zero-order valence-electron chi connectivity index (χ0n) is 17.7. The van der Waals surface area contributed by atoms with Crippen molar-refractivity contribution >= 4 is 17.7 Å². The molecule has 164 valence electrons. The summed E-state index contributed by atoms with van der Waals surface area (Å²) in [6.45, 7) is 5.57. The number of carbonyl (C=O) groups is 1. The standard InChI is InChI=1S/C21H25FN6O2S/c1-14(2)13-27-18(24-25-21(27)31-3)5-4-12-23-20(30)17-10-11-19(29)28(26-17)16-8-6-15(22)7-9-16/h6-11,14H,4-5,12-13H2,1-3H3,(H,23,30). The number of benzene rings is 1. The maximum absolute atomic E-state index is 13.1. The monoisotopic (exact) mass is 444 g/mol. The first-order chi connectivity index (χ1) is 14.9. The van der Waals surface area contributed by atoms with Crippen LogP contribution >= 0.6 is 11.8 Å². The zero-order valence-corrected chi connectivity index (χ0v) is 18.5. The van der Waals surface area contributed by atoms with E-state index in [4.69, 9.17) is 0 Å². The molecule has 2 aromatic heterocycles. The van der Waals surface area contributed by atoms with Gasteiger partial charge in [-0.3, -0.25) is 9.59 Å². The lowest BCUT2D eigenvalue weighted by Gasteiger charge is -2.12. The molecule has 8 nitrogen and oxygen atoms in total. The van der Waals surface area contributed by atoms with E-state index in [1.807, 2.05) is 6.26 Å². The summed E-state index contributed by atoms with van der Waals surface area (Å²) in [6.07, 6.45) is 3.35. The molecule has 0 bridgehead atoms. The van der Waals surface area contributed by atoms with Crippen LogP contribution in [-0.4, -0.2) is 43.3 Å². The summed E-state index contributed by atoms with van der Waals surface area (Å²) in [5.41, 5.74) is 0.0870. The Labute approximate surface area is 183 Å². The second-order valence-corrected chi connectivity index (χ2v) is 8.19. The van der Waals surface area contributed by atoms with Gasteiger partial charge in [-0.05, 0) is 48.9 Å². The van der Waals surface area contributed by atoms with Crippen molar-refractivity contribution in [2.75, 3.05) is 12.8 Å². The van der Waals surface area contributed by atoms with Gasteiger partial charge in [0.1, 0.15) is 17.3 Å². The van der Waals surface area contributed by atoms with Gasteiger partial charge in [0.15, 0.2) is 5.16 Å². The van der Waals surface area contributed by atoms with E-state index in [1.165, 1.54) is 36.4 Å². The fraction of sp³-hybridized carbons (Fsp3) is 0.381. The molecule has 31 heavy (non-hydrogen) atoms. The first-order valence-corrected chi connectivity index (χ1v) is 11.2. The number of aryl methyl sites for hydroxylation is 1. The van der Waals surface area contributed by atoms with Crippen molar-refractivity contribution < 1.29 is 9.18 Å². The Balaban J connectivity index is 1.61. The fourth-order valence-corrected chi connectivity index (χ4v) is 3.56. The number of halogens is 1. The summed E-state index contributed by atoms with van der Waals surface area (Å²) in [5.74, 6) is 0.572. The Morgan fingerprint density at radius 3 is 2.58 bits per heavy atom. The molecule has 0 radical (unpaired) electrons. The second-order valence-electron chi connectivity index (χ2n) is 7.41. The first kappa shape index (κ1) is 22.7. The fourth-order valence-electron chi connectivity index (χ4n) is 3.04. The summed E-state index contributed by atoms with van der Waals surface area (Å²) in [6, 6.07) is 7.97. The van der Waals surface area contributed by atoms with Crippen LogP contribution in [0, 0.1) is 11.7 Å². The third-order valence-electron chi connectivity index (χ3n) is 4.49. The molecule has 1 amide bonds. The maximum atomic E-state index is 13.1. The van der Waals surface area contributed by atoms with Crippen molar-refractivity contribution in [3.63, 3.8) is 0 Å². The minimum Gasteiger partial charge on any atom is -0.351 e. The van der Waals surface area contributed by atoms with Gasteiger partial charge in [-0.2, -0.15) is 9.78 Å². The molecule has 0 unspecified atom stereocenters. The smallest absolute Gasteiger partial charge is 0.271 e. The number of carbonyl (C=O) groups excluding carboxylic acids is 1. The van der Waals surface area contributed by atoms with E-state index in [0.717, 1.165) is 22.2 Å². The molecule has 10 heteroatoms. The zero-order chi connectivity index (χ0) is 22.4. The maximum Gasteiger partial charge on any atom is 0.271 e. The van der Waals surface area contributed by atoms with Gasteiger partial charge in [-0.25, -0.2) is 4.39 Å². The number of hydrogen-bond acceptors (Lipinski definition) is 6. The first-order valence-electron chi connectivity index (χ1n) is 9.99. The minimum absolute atomic E-state index is 0.108. The van der Waals surface area contributed by atoms with E-state index in [9.17, 15) is 14.0 Å². The van der Waals surface area contributed by atoms with Gasteiger partial charge in [0.2, 0.25) is 0 Å². The molecule has 0 saturated carbocycles. The Morgan fingerprint density at radius 2 is 1.90 bits per heavy atom. The summed E-state index contributed by atoms with van der Waals surface area (Å²) in [5, 5.41) is 16.3. The van der Waals surface area contributed by atoms with Crippen LogP contribution in [-0.2, 0) is 13.0 Å². The number of nitrogens with one attached hydrogen (secondary N) is 1. The van der Waals surface area contributed by atoms with Crippen LogP contribution < -0.4 is 10.9 Å². The molecule has 2 heterocycles. The van der Waals surface area contributed by atoms with Crippen LogP contribution in [0.1, 0.15) is 36.6 Å². The van der Waals surface area contributed by atoms with Crippen LogP contribution in [0.5, 0.6) is 0 Å². The van der Waals surface area contributed by atoms with Crippen molar-refractivity contribution in [1.29, 1.82) is 0 Å².